The van der Waals surface area contributed by atoms with Gasteiger partial charge in [-0.2, -0.15) is 0 Å². The van der Waals surface area contributed by atoms with Crippen LogP contribution in [0.5, 0.6) is 0 Å². The van der Waals surface area contributed by atoms with E-state index in [1.54, 1.807) is 11.3 Å². The van der Waals surface area contributed by atoms with E-state index in [1.165, 1.54) is 4.88 Å². The SMILES string of the molecule is CCCNC(Cc1cncs1)C(CC)(CC)OCC. The van der Waals surface area contributed by atoms with Gasteiger partial charge < -0.3 is 10.1 Å². The van der Waals surface area contributed by atoms with E-state index in [1.807, 2.05) is 11.7 Å². The molecule has 0 aliphatic carbocycles. The molecule has 0 aliphatic heterocycles. The van der Waals surface area contributed by atoms with E-state index >= 15 is 0 Å². The smallest absolute Gasteiger partial charge is 0.0832 e. The summed E-state index contributed by atoms with van der Waals surface area (Å²) >= 11 is 1.73. The lowest BCUT2D eigenvalue weighted by molar-refractivity contribution is -0.0716. The third-order valence-electron chi connectivity index (χ3n) is 3.79. The Kier molecular flexibility index (Phi) is 7.57. The first-order chi connectivity index (χ1) is 9.22. The van der Waals surface area contributed by atoms with Crippen molar-refractivity contribution in [2.45, 2.75) is 65.0 Å². The molecule has 1 atom stereocenters. The van der Waals surface area contributed by atoms with Crippen LogP contribution >= 0.6 is 11.3 Å². The molecule has 0 saturated carbocycles. The lowest BCUT2D eigenvalue weighted by Crippen LogP contribution is -2.53. The first kappa shape index (κ1) is 16.6. The summed E-state index contributed by atoms with van der Waals surface area (Å²) in [6.45, 7) is 10.6. The third kappa shape index (κ3) is 4.55. The van der Waals surface area contributed by atoms with Gasteiger partial charge in [0.1, 0.15) is 0 Å². The van der Waals surface area contributed by atoms with E-state index in [-0.39, 0.29) is 5.60 Å². The molecule has 3 nitrogen and oxygen atoms in total. The van der Waals surface area contributed by atoms with E-state index in [9.17, 15) is 0 Å². The van der Waals surface area contributed by atoms with Gasteiger partial charge in [-0.25, -0.2) is 0 Å². The van der Waals surface area contributed by atoms with Crippen LogP contribution in [0.2, 0.25) is 0 Å². The minimum atomic E-state index is -0.0616. The highest BCUT2D eigenvalue weighted by molar-refractivity contribution is 7.09. The summed E-state index contributed by atoms with van der Waals surface area (Å²) in [6, 6.07) is 0.364. The number of rotatable bonds is 10. The average molecular weight is 284 g/mol. The Labute approximate surface area is 121 Å². The summed E-state index contributed by atoms with van der Waals surface area (Å²) in [5, 5.41) is 3.69. The molecule has 1 rings (SSSR count). The summed E-state index contributed by atoms with van der Waals surface area (Å²) in [5.74, 6) is 0. The molecular weight excluding hydrogens is 256 g/mol. The second-order valence-electron chi connectivity index (χ2n) is 4.88. The van der Waals surface area contributed by atoms with Crippen molar-refractivity contribution in [1.29, 1.82) is 0 Å². The van der Waals surface area contributed by atoms with Crippen LogP contribution in [0, 0.1) is 0 Å². The van der Waals surface area contributed by atoms with Crippen molar-refractivity contribution in [3.05, 3.63) is 16.6 Å². The fraction of sp³-hybridized carbons (Fsp3) is 0.800. The van der Waals surface area contributed by atoms with E-state index in [0.29, 0.717) is 6.04 Å². The second kappa shape index (κ2) is 8.67. The Bertz CT molecular complexity index is 323. The van der Waals surface area contributed by atoms with Crippen LogP contribution in [0.1, 0.15) is 51.8 Å². The first-order valence-corrected chi connectivity index (χ1v) is 8.35. The van der Waals surface area contributed by atoms with Crippen LogP contribution in [0.15, 0.2) is 11.7 Å². The molecule has 0 aromatic carbocycles. The number of nitrogens with one attached hydrogen (secondary N) is 1. The van der Waals surface area contributed by atoms with Gasteiger partial charge in [-0.3, -0.25) is 4.98 Å². The van der Waals surface area contributed by atoms with Crippen molar-refractivity contribution in [2.24, 2.45) is 0 Å². The normalized spacial score (nSPS) is 13.7. The highest BCUT2D eigenvalue weighted by Gasteiger charge is 2.36. The molecule has 0 fully saturated rings. The molecule has 1 aromatic rings. The van der Waals surface area contributed by atoms with Gasteiger partial charge in [-0.1, -0.05) is 20.8 Å². The summed E-state index contributed by atoms with van der Waals surface area (Å²) in [6.07, 6.45) is 6.21. The lowest BCUT2D eigenvalue weighted by Gasteiger charge is -2.40. The van der Waals surface area contributed by atoms with Gasteiger partial charge in [0.05, 0.1) is 11.1 Å². The molecular formula is C15H28N2OS. The Morgan fingerprint density at radius 2 is 2.05 bits per heavy atom. The standard InChI is InChI=1S/C15H28N2OS/c1-5-9-17-14(10-13-11-16-12-19-13)15(6-2,7-3)18-8-4/h11-12,14,17H,5-10H2,1-4H3. The molecule has 0 bridgehead atoms. The fourth-order valence-electron chi connectivity index (χ4n) is 2.64. The Balaban J connectivity index is 2.84. The molecule has 0 amide bonds. The molecule has 110 valence electrons. The molecule has 1 unspecified atom stereocenters. The molecule has 19 heavy (non-hydrogen) atoms. The maximum absolute atomic E-state index is 6.16. The predicted molar refractivity (Wildman–Crippen MR) is 82.8 cm³/mol. The molecule has 0 spiro atoms. The van der Waals surface area contributed by atoms with E-state index in [2.05, 4.69) is 38.0 Å². The zero-order chi connectivity index (χ0) is 14.1. The van der Waals surface area contributed by atoms with Crippen LogP contribution in [-0.4, -0.2) is 29.8 Å². The Morgan fingerprint density at radius 3 is 2.53 bits per heavy atom. The van der Waals surface area contributed by atoms with Crippen molar-refractivity contribution >= 4 is 11.3 Å². The van der Waals surface area contributed by atoms with Crippen molar-refractivity contribution in [2.75, 3.05) is 13.2 Å². The molecule has 0 saturated heterocycles. The van der Waals surface area contributed by atoms with Gasteiger partial charge in [0.2, 0.25) is 0 Å². The molecule has 4 heteroatoms. The van der Waals surface area contributed by atoms with Gasteiger partial charge in [0.15, 0.2) is 0 Å². The Hall–Kier alpha value is -0.450. The van der Waals surface area contributed by atoms with Crippen LogP contribution in [-0.2, 0) is 11.2 Å². The summed E-state index contributed by atoms with van der Waals surface area (Å²) in [4.78, 5) is 5.52. The molecule has 1 aromatic heterocycles. The number of hydrogen-bond acceptors (Lipinski definition) is 4. The largest absolute Gasteiger partial charge is 0.374 e. The van der Waals surface area contributed by atoms with Crippen molar-refractivity contribution < 1.29 is 4.74 Å². The highest BCUT2D eigenvalue weighted by Crippen LogP contribution is 2.28. The van der Waals surface area contributed by atoms with Crippen molar-refractivity contribution in [1.82, 2.24) is 10.3 Å². The highest BCUT2D eigenvalue weighted by atomic mass is 32.1. The van der Waals surface area contributed by atoms with E-state index in [4.69, 9.17) is 4.74 Å². The van der Waals surface area contributed by atoms with Gasteiger partial charge in [-0.15, -0.1) is 11.3 Å². The predicted octanol–water partition coefficient (Wildman–Crippen LogP) is 3.65. The number of aromatic nitrogens is 1. The van der Waals surface area contributed by atoms with Crippen molar-refractivity contribution in [3.63, 3.8) is 0 Å². The maximum atomic E-state index is 6.16. The van der Waals surface area contributed by atoms with Crippen LogP contribution < -0.4 is 5.32 Å². The zero-order valence-electron chi connectivity index (χ0n) is 12.7. The quantitative estimate of drug-likeness (QED) is 0.712. The number of hydrogen-bond donors (Lipinski definition) is 1. The summed E-state index contributed by atoms with van der Waals surface area (Å²) in [7, 11) is 0. The summed E-state index contributed by atoms with van der Waals surface area (Å²) in [5.41, 5.74) is 1.85. The minimum absolute atomic E-state index is 0.0616. The molecule has 0 aliphatic rings. The zero-order valence-corrected chi connectivity index (χ0v) is 13.6. The number of thiazole rings is 1. The van der Waals surface area contributed by atoms with Crippen LogP contribution in [0.4, 0.5) is 0 Å². The Morgan fingerprint density at radius 1 is 1.32 bits per heavy atom. The number of nitrogens with zero attached hydrogens (tertiary/aromatic N) is 1. The summed E-state index contributed by atoms with van der Waals surface area (Å²) < 4.78 is 6.16. The fourth-order valence-corrected chi connectivity index (χ4v) is 3.28. The van der Waals surface area contributed by atoms with E-state index in [0.717, 1.165) is 38.8 Å². The molecule has 1 heterocycles. The van der Waals surface area contributed by atoms with Crippen molar-refractivity contribution in [3.8, 4) is 0 Å². The monoisotopic (exact) mass is 284 g/mol. The molecule has 1 N–H and O–H groups in total. The second-order valence-corrected chi connectivity index (χ2v) is 5.85. The van der Waals surface area contributed by atoms with Gasteiger partial charge in [0.25, 0.3) is 0 Å². The van der Waals surface area contributed by atoms with Gasteiger partial charge in [0, 0.05) is 30.1 Å². The number of ether oxygens (including phenoxy) is 1. The molecule has 0 radical (unpaired) electrons. The first-order valence-electron chi connectivity index (χ1n) is 7.47. The average Bonchev–Trinajstić information content (AvgIpc) is 2.94. The lowest BCUT2D eigenvalue weighted by atomic mass is 9.85. The van der Waals surface area contributed by atoms with Crippen LogP contribution in [0.25, 0.3) is 0 Å². The minimum Gasteiger partial charge on any atom is -0.374 e. The topological polar surface area (TPSA) is 34.2 Å². The van der Waals surface area contributed by atoms with Gasteiger partial charge >= 0.3 is 0 Å². The maximum Gasteiger partial charge on any atom is 0.0832 e. The third-order valence-corrected chi connectivity index (χ3v) is 4.60. The van der Waals surface area contributed by atoms with Gasteiger partial charge in [-0.05, 0) is 32.7 Å². The van der Waals surface area contributed by atoms with Crippen LogP contribution in [0.3, 0.4) is 0 Å². The van der Waals surface area contributed by atoms with E-state index < -0.39 is 0 Å².